The molecule has 0 aliphatic rings. The molecule has 2 aromatic carbocycles. The summed E-state index contributed by atoms with van der Waals surface area (Å²) in [5, 5.41) is 14.6. The third-order valence-electron chi connectivity index (χ3n) is 4.13. The second kappa shape index (κ2) is 9.99. The highest BCUT2D eigenvalue weighted by Crippen LogP contribution is 2.22. The lowest BCUT2D eigenvalue weighted by Gasteiger charge is -2.18. The van der Waals surface area contributed by atoms with Crippen LogP contribution in [-0.4, -0.2) is 29.8 Å². The van der Waals surface area contributed by atoms with Crippen LogP contribution in [0, 0.1) is 6.92 Å². The average Bonchev–Trinajstić information content (AvgIpc) is 2.65. The van der Waals surface area contributed by atoms with E-state index in [1.807, 2.05) is 55.6 Å². The molecule has 0 aliphatic heterocycles. The molecule has 0 heterocycles. The quantitative estimate of drug-likeness (QED) is 0.653. The van der Waals surface area contributed by atoms with Gasteiger partial charge in [-0.2, -0.15) is 11.8 Å². The van der Waals surface area contributed by atoms with E-state index in [9.17, 15) is 14.7 Å². The van der Waals surface area contributed by atoms with E-state index in [0.717, 1.165) is 22.4 Å². The van der Waals surface area contributed by atoms with Crippen molar-refractivity contribution in [3.05, 3.63) is 65.2 Å². The summed E-state index contributed by atoms with van der Waals surface area (Å²) in [5.41, 5.74) is 3.56. The maximum atomic E-state index is 12.3. The Kier molecular flexibility index (Phi) is 7.69. The van der Waals surface area contributed by atoms with Crippen LogP contribution in [0.5, 0.6) is 0 Å². The number of amides is 2. The lowest BCUT2D eigenvalue weighted by molar-refractivity contribution is -0.136. The fraction of sp³-hybridized carbons (Fsp3) is 0.300. The van der Waals surface area contributed by atoms with Crippen molar-refractivity contribution in [2.75, 3.05) is 18.2 Å². The molecule has 0 radical (unpaired) electrons. The van der Waals surface area contributed by atoms with Gasteiger partial charge in [-0.05, 0) is 42.4 Å². The van der Waals surface area contributed by atoms with Gasteiger partial charge in [-0.25, -0.2) is 0 Å². The average molecular weight is 372 g/mol. The zero-order valence-electron chi connectivity index (χ0n) is 15.0. The highest BCUT2D eigenvalue weighted by atomic mass is 32.2. The Morgan fingerprint density at radius 2 is 1.81 bits per heavy atom. The molecule has 2 rings (SSSR count). The Labute approximate surface area is 158 Å². The molecule has 0 saturated carbocycles. The summed E-state index contributed by atoms with van der Waals surface area (Å²) in [6.45, 7) is 1.84. The number of aliphatic hydroxyl groups excluding tert-OH is 1. The minimum atomic E-state index is -0.720. The smallest absolute Gasteiger partial charge is 0.313 e. The molecule has 138 valence electrons. The van der Waals surface area contributed by atoms with Crippen LogP contribution in [0.2, 0.25) is 0 Å². The Morgan fingerprint density at radius 3 is 2.46 bits per heavy atom. The van der Waals surface area contributed by atoms with E-state index in [0.29, 0.717) is 12.1 Å². The number of thioether (sulfide) groups is 1. The zero-order chi connectivity index (χ0) is 18.9. The van der Waals surface area contributed by atoms with Crippen molar-refractivity contribution in [2.45, 2.75) is 25.1 Å². The van der Waals surface area contributed by atoms with Crippen molar-refractivity contribution in [3.8, 4) is 0 Å². The lowest BCUT2D eigenvalue weighted by atomic mass is 10.0. The number of carbonyl (C=O) groups is 2. The molecular weight excluding hydrogens is 348 g/mol. The molecule has 0 spiro atoms. The summed E-state index contributed by atoms with van der Waals surface area (Å²) in [5.74, 6) is -0.593. The SMILES string of the molecule is CSCc1cccc(NC(=O)C(=O)N[C@H](CCO)c2ccccc2)c1C. The summed E-state index contributed by atoms with van der Waals surface area (Å²) in [4.78, 5) is 24.6. The highest BCUT2D eigenvalue weighted by Gasteiger charge is 2.20. The lowest BCUT2D eigenvalue weighted by Crippen LogP contribution is -2.38. The highest BCUT2D eigenvalue weighted by molar-refractivity contribution is 7.97. The third-order valence-corrected chi connectivity index (χ3v) is 4.72. The summed E-state index contributed by atoms with van der Waals surface area (Å²) < 4.78 is 0. The van der Waals surface area contributed by atoms with E-state index in [-0.39, 0.29) is 6.61 Å². The van der Waals surface area contributed by atoms with Gasteiger partial charge < -0.3 is 15.7 Å². The first-order valence-corrected chi connectivity index (χ1v) is 9.81. The molecule has 0 bridgehead atoms. The fourth-order valence-electron chi connectivity index (χ4n) is 2.67. The Morgan fingerprint density at radius 1 is 1.08 bits per heavy atom. The number of rotatable bonds is 7. The van der Waals surface area contributed by atoms with Crippen LogP contribution in [-0.2, 0) is 15.3 Å². The summed E-state index contributed by atoms with van der Waals surface area (Å²) in [6, 6.07) is 14.5. The van der Waals surface area contributed by atoms with Crippen LogP contribution in [0.15, 0.2) is 48.5 Å². The predicted molar refractivity (Wildman–Crippen MR) is 106 cm³/mol. The normalized spacial score (nSPS) is 11.7. The molecule has 0 unspecified atom stereocenters. The Balaban J connectivity index is 2.07. The van der Waals surface area contributed by atoms with Crippen LogP contribution < -0.4 is 10.6 Å². The van der Waals surface area contributed by atoms with Gasteiger partial charge in [0.1, 0.15) is 0 Å². The minimum Gasteiger partial charge on any atom is -0.396 e. The number of hydrogen-bond acceptors (Lipinski definition) is 4. The van der Waals surface area contributed by atoms with Gasteiger partial charge in [0.2, 0.25) is 0 Å². The van der Waals surface area contributed by atoms with Gasteiger partial charge in [0, 0.05) is 18.0 Å². The molecular formula is C20H24N2O3S. The van der Waals surface area contributed by atoms with E-state index in [1.54, 1.807) is 17.8 Å². The van der Waals surface area contributed by atoms with Crippen LogP contribution in [0.3, 0.4) is 0 Å². The Hall–Kier alpha value is -2.31. The number of aliphatic hydroxyl groups is 1. The van der Waals surface area contributed by atoms with Gasteiger partial charge in [0.05, 0.1) is 6.04 Å². The van der Waals surface area contributed by atoms with E-state index in [4.69, 9.17) is 0 Å². The first kappa shape index (κ1) is 20.0. The second-order valence-corrected chi connectivity index (χ2v) is 6.79. The molecule has 0 aromatic heterocycles. The topological polar surface area (TPSA) is 78.4 Å². The first-order chi connectivity index (χ1) is 12.6. The van der Waals surface area contributed by atoms with E-state index in [2.05, 4.69) is 10.6 Å². The second-order valence-electron chi connectivity index (χ2n) is 5.93. The van der Waals surface area contributed by atoms with Crippen molar-refractivity contribution < 1.29 is 14.7 Å². The van der Waals surface area contributed by atoms with Crippen molar-refractivity contribution in [1.29, 1.82) is 0 Å². The van der Waals surface area contributed by atoms with Crippen LogP contribution >= 0.6 is 11.8 Å². The molecule has 3 N–H and O–H groups in total. The van der Waals surface area contributed by atoms with Gasteiger partial charge in [0.15, 0.2) is 0 Å². The Bertz CT molecular complexity index is 750. The van der Waals surface area contributed by atoms with Gasteiger partial charge in [-0.1, -0.05) is 42.5 Å². The zero-order valence-corrected chi connectivity index (χ0v) is 15.8. The van der Waals surface area contributed by atoms with Gasteiger partial charge in [-0.3, -0.25) is 9.59 Å². The van der Waals surface area contributed by atoms with Crippen molar-refractivity contribution in [2.24, 2.45) is 0 Å². The summed E-state index contributed by atoms with van der Waals surface area (Å²) in [7, 11) is 0. The summed E-state index contributed by atoms with van der Waals surface area (Å²) in [6.07, 6.45) is 2.36. The minimum absolute atomic E-state index is 0.0860. The maximum Gasteiger partial charge on any atom is 0.313 e. The third kappa shape index (κ3) is 5.34. The number of nitrogens with one attached hydrogen (secondary N) is 2. The molecule has 2 amide bonds. The number of hydrogen-bond donors (Lipinski definition) is 3. The monoisotopic (exact) mass is 372 g/mol. The van der Waals surface area contributed by atoms with Crippen LogP contribution in [0.1, 0.15) is 29.2 Å². The van der Waals surface area contributed by atoms with Gasteiger partial charge in [-0.15, -0.1) is 0 Å². The number of carbonyl (C=O) groups excluding carboxylic acids is 2. The summed E-state index contributed by atoms with van der Waals surface area (Å²) >= 11 is 1.70. The van der Waals surface area contributed by atoms with Gasteiger partial charge >= 0.3 is 11.8 Å². The predicted octanol–water partition coefficient (Wildman–Crippen LogP) is 3.04. The van der Waals surface area contributed by atoms with Crippen LogP contribution in [0.4, 0.5) is 5.69 Å². The van der Waals surface area contributed by atoms with Crippen molar-refractivity contribution in [3.63, 3.8) is 0 Å². The molecule has 5 nitrogen and oxygen atoms in total. The molecule has 1 atom stereocenters. The van der Waals surface area contributed by atoms with E-state index >= 15 is 0 Å². The van der Waals surface area contributed by atoms with Gasteiger partial charge in [0.25, 0.3) is 0 Å². The van der Waals surface area contributed by atoms with E-state index in [1.165, 1.54) is 0 Å². The molecule has 6 heteroatoms. The number of anilines is 1. The molecule has 2 aromatic rings. The molecule has 0 saturated heterocycles. The maximum absolute atomic E-state index is 12.3. The fourth-order valence-corrected chi connectivity index (χ4v) is 3.29. The molecule has 0 aliphatic carbocycles. The first-order valence-electron chi connectivity index (χ1n) is 8.42. The van der Waals surface area contributed by atoms with Crippen molar-refractivity contribution in [1.82, 2.24) is 5.32 Å². The molecule has 0 fully saturated rings. The van der Waals surface area contributed by atoms with Crippen molar-refractivity contribution >= 4 is 29.3 Å². The number of benzene rings is 2. The largest absolute Gasteiger partial charge is 0.396 e. The van der Waals surface area contributed by atoms with E-state index < -0.39 is 17.9 Å². The standard InChI is InChI=1S/C20H24N2O3S/c1-14-16(13-26-2)9-6-10-17(14)21-19(24)20(25)22-18(11-12-23)15-7-4-3-5-8-15/h3-10,18,23H,11-13H2,1-2H3,(H,21,24)(H,22,25)/t18-/m1/s1. The van der Waals surface area contributed by atoms with Crippen LogP contribution in [0.25, 0.3) is 0 Å². The molecule has 26 heavy (non-hydrogen) atoms.